The van der Waals surface area contributed by atoms with Gasteiger partial charge in [-0.15, -0.1) is 0 Å². The van der Waals surface area contributed by atoms with E-state index in [0.717, 1.165) is 43.9 Å². The van der Waals surface area contributed by atoms with Gasteiger partial charge in [0.1, 0.15) is 5.39 Å². The third-order valence-electron chi connectivity index (χ3n) is 6.88. The molecule has 0 unspecified atom stereocenters. The summed E-state index contributed by atoms with van der Waals surface area (Å²) in [5.74, 6) is -2.57. The fourth-order valence-corrected chi connectivity index (χ4v) is 5.03. The van der Waals surface area contributed by atoms with E-state index in [0.29, 0.717) is 17.5 Å². The second-order valence-corrected chi connectivity index (χ2v) is 9.76. The summed E-state index contributed by atoms with van der Waals surface area (Å²) in [5, 5.41) is 0.417. The quantitative estimate of drug-likeness (QED) is 0.185. The molecule has 0 radical (unpaired) electrons. The number of methoxy groups -OCH3 is 1. The van der Waals surface area contributed by atoms with Gasteiger partial charge in [-0.25, -0.2) is 14.0 Å². The van der Waals surface area contributed by atoms with Crippen molar-refractivity contribution in [3.05, 3.63) is 47.9 Å². The monoisotopic (exact) mass is 562 g/mol. The predicted octanol–water partition coefficient (Wildman–Crippen LogP) is 4.60. The van der Waals surface area contributed by atoms with Gasteiger partial charge in [0.25, 0.3) is 0 Å². The fourth-order valence-electron chi connectivity index (χ4n) is 5.03. The lowest BCUT2D eigenvalue weighted by molar-refractivity contribution is -0.131. The van der Waals surface area contributed by atoms with Crippen molar-refractivity contribution in [1.82, 2.24) is 19.9 Å². The maximum atomic E-state index is 15.5. The smallest absolute Gasteiger partial charge is 0.338 e. The average Bonchev–Trinajstić information content (AvgIpc) is 3.60. The molecule has 41 heavy (non-hydrogen) atoms. The van der Waals surface area contributed by atoms with Crippen molar-refractivity contribution in [3.63, 3.8) is 0 Å². The first kappa shape index (κ1) is 26.5. The summed E-state index contributed by atoms with van der Waals surface area (Å²) in [7, 11) is 1.40. The van der Waals surface area contributed by atoms with Crippen LogP contribution in [0.4, 0.5) is 4.39 Å². The third-order valence-corrected chi connectivity index (χ3v) is 6.88. The van der Waals surface area contributed by atoms with Crippen LogP contribution in [-0.4, -0.2) is 65.1 Å². The molecule has 2 aromatic heterocycles. The molecule has 4 bridgehead atoms. The number of hydrogen-bond acceptors (Lipinski definition) is 10. The average molecular weight is 563 g/mol. The maximum absolute atomic E-state index is 15.5. The molecule has 3 aliphatic rings. The maximum Gasteiger partial charge on any atom is 0.338 e. The second kappa shape index (κ2) is 11.0. The van der Waals surface area contributed by atoms with Crippen molar-refractivity contribution in [1.29, 1.82) is 0 Å². The number of benzene rings is 2. The Labute approximate surface area is 233 Å². The molecule has 2 aromatic carbocycles. The number of ether oxygens (including phenoxy) is 5. The van der Waals surface area contributed by atoms with Gasteiger partial charge in [0.05, 0.1) is 19.2 Å². The number of nitrogens with one attached hydrogen (secondary N) is 1. The molecule has 0 spiro atoms. The highest BCUT2D eigenvalue weighted by Crippen LogP contribution is 2.48. The number of nitrogens with zero attached hydrogens (tertiary/aromatic N) is 3. The summed E-state index contributed by atoms with van der Waals surface area (Å²) in [5.41, 5.74) is 1.53. The Kier molecular flexibility index (Phi) is 7.14. The number of likely N-dealkylation sites (tertiary alicyclic amines) is 1. The van der Waals surface area contributed by atoms with Crippen molar-refractivity contribution >= 4 is 33.7 Å². The Balaban J connectivity index is 1.45. The number of halogens is 1. The van der Waals surface area contributed by atoms with Crippen LogP contribution in [0.2, 0.25) is 0 Å². The van der Waals surface area contributed by atoms with Crippen LogP contribution >= 0.6 is 0 Å². The van der Waals surface area contributed by atoms with Crippen LogP contribution in [0.5, 0.6) is 34.9 Å². The largest absolute Gasteiger partial charge is 0.490 e. The summed E-state index contributed by atoms with van der Waals surface area (Å²) in [6, 6.07) is 5.94. The predicted molar refractivity (Wildman–Crippen MR) is 145 cm³/mol. The summed E-state index contributed by atoms with van der Waals surface area (Å²) in [6.07, 6.45) is 4.95. The fraction of sp³-hybridized carbons (Fsp3) is 0.310. The number of fused-ring (bicyclic) bond motifs is 6. The standard InChI is InChI=1S/C29H27FN4O7/c1-16-14-17-18(31-16)6-7-20(25(17)30)39-28-24-19-15-21(38-13-5-12-34-10-3-4-11-34)26(37-2)27(24)40-22(35)8-9-23(36)41-29(32-19)33-28/h6-9,14-15,31H,3-5,10-13H2,1-2H3/b9-8-. The van der Waals surface area contributed by atoms with Gasteiger partial charge in [0.15, 0.2) is 23.1 Å². The number of rotatable bonds is 8. The van der Waals surface area contributed by atoms with E-state index in [1.165, 1.54) is 26.0 Å². The number of H-pyrrole nitrogens is 1. The number of aromatic nitrogens is 3. The highest BCUT2D eigenvalue weighted by molar-refractivity contribution is 6.00. The Morgan fingerprint density at radius 1 is 1.05 bits per heavy atom. The van der Waals surface area contributed by atoms with E-state index in [-0.39, 0.29) is 45.8 Å². The Bertz CT molecular complexity index is 1690. The van der Waals surface area contributed by atoms with Gasteiger partial charge in [-0.3, -0.25) is 0 Å². The number of hydrogen-bond donors (Lipinski definition) is 1. The minimum Gasteiger partial charge on any atom is -0.490 e. The van der Waals surface area contributed by atoms with Gasteiger partial charge in [-0.2, -0.15) is 9.97 Å². The summed E-state index contributed by atoms with van der Waals surface area (Å²) in [6.45, 7) is 5.21. The lowest BCUT2D eigenvalue weighted by atomic mass is 10.1. The molecule has 212 valence electrons. The second-order valence-electron chi connectivity index (χ2n) is 9.76. The summed E-state index contributed by atoms with van der Waals surface area (Å²) in [4.78, 5) is 39.0. The normalized spacial score (nSPS) is 16.2. The van der Waals surface area contributed by atoms with Gasteiger partial charge in [0, 0.05) is 41.4 Å². The molecule has 5 heterocycles. The number of carbonyl (C=O) groups is 2. The highest BCUT2D eigenvalue weighted by Gasteiger charge is 2.27. The van der Waals surface area contributed by atoms with E-state index in [4.69, 9.17) is 23.7 Å². The first-order valence-corrected chi connectivity index (χ1v) is 13.2. The van der Waals surface area contributed by atoms with E-state index in [1.54, 1.807) is 18.2 Å². The van der Waals surface area contributed by atoms with Gasteiger partial charge in [-0.05, 0) is 57.5 Å². The molecule has 11 nitrogen and oxygen atoms in total. The Morgan fingerprint density at radius 3 is 2.61 bits per heavy atom. The molecule has 12 heteroatoms. The first-order valence-electron chi connectivity index (χ1n) is 13.2. The molecule has 1 N–H and O–H groups in total. The molecular formula is C29H27FN4O7. The van der Waals surface area contributed by atoms with Crippen molar-refractivity contribution in [2.75, 3.05) is 33.4 Å². The first-order chi connectivity index (χ1) is 19.9. The van der Waals surface area contributed by atoms with Crippen molar-refractivity contribution in [2.24, 2.45) is 0 Å². The molecule has 7 rings (SSSR count). The van der Waals surface area contributed by atoms with Crippen LogP contribution in [0.3, 0.4) is 0 Å². The number of aryl methyl sites for hydroxylation is 1. The number of esters is 2. The van der Waals surface area contributed by atoms with Gasteiger partial charge in [-0.1, -0.05) is 0 Å². The minimum atomic E-state index is -0.914. The lowest BCUT2D eigenvalue weighted by Gasteiger charge is -2.19. The van der Waals surface area contributed by atoms with Crippen molar-refractivity contribution < 1.29 is 37.7 Å². The minimum absolute atomic E-state index is 0.0882. The van der Waals surface area contributed by atoms with Gasteiger partial charge >= 0.3 is 17.9 Å². The third kappa shape index (κ3) is 5.38. The molecular weight excluding hydrogens is 535 g/mol. The number of carbonyl (C=O) groups excluding carboxylic acids is 2. The zero-order valence-electron chi connectivity index (χ0n) is 22.5. The van der Waals surface area contributed by atoms with E-state index in [9.17, 15) is 9.59 Å². The molecule has 1 saturated heterocycles. The molecule has 0 amide bonds. The molecule has 0 aliphatic carbocycles. The molecule has 0 saturated carbocycles. The van der Waals surface area contributed by atoms with Crippen LogP contribution in [0.25, 0.3) is 21.8 Å². The Hall–Kier alpha value is -4.71. The summed E-state index contributed by atoms with van der Waals surface area (Å²) < 4.78 is 44.0. The van der Waals surface area contributed by atoms with E-state index >= 15 is 4.39 Å². The van der Waals surface area contributed by atoms with E-state index < -0.39 is 17.8 Å². The molecule has 4 aromatic rings. The summed E-state index contributed by atoms with van der Waals surface area (Å²) >= 11 is 0. The number of aromatic amines is 1. The SMILES string of the molecule is COc1c(OCCCN2CCCC2)cc2nc3nc(Oc4ccc5[nH]c(C)cc5c4F)c2c1OC(=O)/C=C\C(=O)O3. The zero-order valence-corrected chi connectivity index (χ0v) is 22.5. The van der Waals surface area contributed by atoms with Crippen molar-refractivity contribution in [3.8, 4) is 34.9 Å². The van der Waals surface area contributed by atoms with Gasteiger partial charge < -0.3 is 33.6 Å². The van der Waals surface area contributed by atoms with Crippen molar-refractivity contribution in [2.45, 2.75) is 26.2 Å². The molecule has 1 fully saturated rings. The van der Waals surface area contributed by atoms with Crippen LogP contribution in [0, 0.1) is 12.7 Å². The Morgan fingerprint density at radius 2 is 1.83 bits per heavy atom. The van der Waals surface area contributed by atoms with E-state index in [1.807, 2.05) is 6.92 Å². The van der Waals surface area contributed by atoms with Crippen LogP contribution in [-0.2, 0) is 9.59 Å². The highest BCUT2D eigenvalue weighted by atomic mass is 19.1. The van der Waals surface area contributed by atoms with Gasteiger partial charge in [0.2, 0.25) is 11.6 Å². The topological polar surface area (TPSA) is 125 Å². The zero-order chi connectivity index (χ0) is 28.5. The molecule has 3 aliphatic heterocycles. The van der Waals surface area contributed by atoms with E-state index in [2.05, 4.69) is 19.9 Å². The van der Waals surface area contributed by atoms with Crippen LogP contribution in [0.15, 0.2) is 36.4 Å². The van der Waals surface area contributed by atoms with Crippen LogP contribution in [0.1, 0.15) is 25.0 Å². The molecule has 0 atom stereocenters. The van der Waals surface area contributed by atoms with Crippen LogP contribution < -0.4 is 23.7 Å². The lowest BCUT2D eigenvalue weighted by Crippen LogP contribution is -2.22.